The van der Waals surface area contributed by atoms with Gasteiger partial charge in [0.15, 0.2) is 0 Å². The molecule has 19 valence electrons. The Morgan fingerprint density at radius 3 is 1.25 bits per heavy atom. The third-order valence-electron chi connectivity index (χ3n) is 0. The zero-order valence-electron chi connectivity index (χ0n) is 2.22. The van der Waals surface area contributed by atoms with Gasteiger partial charge in [-0.3, -0.25) is 0 Å². The van der Waals surface area contributed by atoms with Crippen LogP contribution in [0.15, 0.2) is 0 Å². The maximum atomic E-state index is 8.50. The van der Waals surface area contributed by atoms with Crippen molar-refractivity contribution < 1.29 is 25.3 Å². The minimum absolute atomic E-state index is 0. The van der Waals surface area contributed by atoms with Gasteiger partial charge in [0, 0.05) is 18.9 Å². The first-order chi connectivity index (χ1) is 1.41. The van der Waals surface area contributed by atoms with E-state index in [-0.39, 0.29) is 18.9 Å². The molecule has 0 atom stereocenters. The first-order valence-corrected chi connectivity index (χ1v) is 1.97. The molecule has 1 radical (unpaired) electrons. The van der Waals surface area contributed by atoms with Gasteiger partial charge in [0.2, 0.25) is 0 Å². The molecule has 0 aliphatic carbocycles. The fourth-order valence-electron chi connectivity index (χ4n) is 0. The fraction of sp³-hybridized carbons (Fsp3) is 0. The van der Waals surface area contributed by atoms with E-state index in [0.29, 0.717) is 0 Å². The minimum atomic E-state index is -2.03. The van der Waals surface area contributed by atoms with E-state index >= 15 is 0 Å². The standard InChI is InChI=1S/Li.Mo.2O. The molecule has 4 heteroatoms. The molecule has 0 spiro atoms. The van der Waals surface area contributed by atoms with Crippen molar-refractivity contribution >= 4 is 18.9 Å². The van der Waals surface area contributed by atoms with Crippen molar-refractivity contribution in [3.8, 4) is 0 Å². The monoisotopic (exact) mass is 137 g/mol. The fourth-order valence-corrected chi connectivity index (χ4v) is 0. The second-order valence-corrected chi connectivity index (χ2v) is 0.403. The molecule has 0 bridgehead atoms. The van der Waals surface area contributed by atoms with Crippen molar-refractivity contribution in [1.29, 1.82) is 0 Å². The summed E-state index contributed by atoms with van der Waals surface area (Å²) in [5.41, 5.74) is 0. The van der Waals surface area contributed by atoms with E-state index in [2.05, 4.69) is 0 Å². The summed E-state index contributed by atoms with van der Waals surface area (Å²) < 4.78 is 17.0. The van der Waals surface area contributed by atoms with Gasteiger partial charge in [0.1, 0.15) is 0 Å². The van der Waals surface area contributed by atoms with E-state index in [1.54, 1.807) is 0 Å². The molecule has 0 fully saturated rings. The Morgan fingerprint density at radius 1 is 1.25 bits per heavy atom. The Bertz CT molecular complexity index is 27.0. The molecule has 0 saturated carbocycles. The maximum absolute atomic E-state index is 8.50. The quantitative estimate of drug-likeness (QED) is 0.414. The molecule has 0 aromatic rings. The first-order valence-electron chi connectivity index (χ1n) is 0.333. The van der Waals surface area contributed by atoms with Gasteiger partial charge in [0.25, 0.3) is 0 Å². The molecule has 0 heterocycles. The van der Waals surface area contributed by atoms with Crippen LogP contribution in [-0.2, 0) is 25.3 Å². The van der Waals surface area contributed by atoms with Gasteiger partial charge in [-0.15, -0.1) is 0 Å². The van der Waals surface area contributed by atoms with Crippen LogP contribution < -0.4 is 0 Å². The van der Waals surface area contributed by atoms with Gasteiger partial charge < -0.3 is 0 Å². The van der Waals surface area contributed by atoms with Crippen LogP contribution >= 0.6 is 0 Å². The average molecular weight is 135 g/mol. The van der Waals surface area contributed by atoms with E-state index < -0.39 is 18.5 Å². The van der Waals surface area contributed by atoms with Crippen LogP contribution in [0.4, 0.5) is 0 Å². The zero-order chi connectivity index (χ0) is 2.71. The van der Waals surface area contributed by atoms with Crippen molar-refractivity contribution in [2.24, 2.45) is 0 Å². The van der Waals surface area contributed by atoms with E-state index in [4.69, 9.17) is 6.80 Å². The average Bonchev–Trinajstić information content (AvgIpc) is 0.918. The molecular formula is LiMoO2. The van der Waals surface area contributed by atoms with Crippen LogP contribution in [0.3, 0.4) is 0 Å². The first kappa shape index (κ1) is 8.86. The predicted octanol–water partition coefficient (Wildman–Crippen LogP) is -0.621. The number of hydrogen-bond donors (Lipinski definition) is 0. The second-order valence-electron chi connectivity index (χ2n) is 0.0680. The summed E-state index contributed by atoms with van der Waals surface area (Å²) in [6.45, 7) is 0. The molecule has 0 aliphatic rings. The Kier molecular flexibility index (Phi) is 20.2. The molecule has 0 amide bonds. The van der Waals surface area contributed by atoms with E-state index in [1.807, 2.05) is 0 Å². The third kappa shape index (κ3) is 13.1. The Labute approximate surface area is 44.3 Å². The Balaban J connectivity index is 0. The molecule has 0 saturated heterocycles. The summed E-state index contributed by atoms with van der Waals surface area (Å²) in [6, 6.07) is 0. The van der Waals surface area contributed by atoms with E-state index in [0.717, 1.165) is 0 Å². The Morgan fingerprint density at radius 2 is 1.25 bits per heavy atom. The summed E-state index contributed by atoms with van der Waals surface area (Å²) in [4.78, 5) is 0. The van der Waals surface area contributed by atoms with Crippen LogP contribution in [0.25, 0.3) is 0 Å². The van der Waals surface area contributed by atoms with E-state index in [1.165, 1.54) is 0 Å². The van der Waals surface area contributed by atoms with Crippen molar-refractivity contribution in [2.45, 2.75) is 0 Å². The molecule has 0 N–H and O–H groups in total. The summed E-state index contributed by atoms with van der Waals surface area (Å²) in [7, 11) is 0. The van der Waals surface area contributed by atoms with Crippen LogP contribution in [0.1, 0.15) is 0 Å². The zero-order valence-corrected chi connectivity index (χ0v) is 4.23. The molecule has 0 unspecified atom stereocenters. The number of hydrogen-bond acceptors (Lipinski definition) is 2. The van der Waals surface area contributed by atoms with Gasteiger partial charge in [-0.05, 0) is 0 Å². The third-order valence-corrected chi connectivity index (χ3v) is 0. The van der Waals surface area contributed by atoms with E-state index in [9.17, 15) is 0 Å². The number of rotatable bonds is 0. The summed E-state index contributed by atoms with van der Waals surface area (Å²) in [6.07, 6.45) is 0. The van der Waals surface area contributed by atoms with Crippen molar-refractivity contribution in [2.75, 3.05) is 0 Å². The van der Waals surface area contributed by atoms with Gasteiger partial charge >= 0.3 is 25.3 Å². The van der Waals surface area contributed by atoms with Gasteiger partial charge in [-0.2, -0.15) is 0 Å². The van der Waals surface area contributed by atoms with Crippen molar-refractivity contribution in [3.63, 3.8) is 0 Å². The summed E-state index contributed by atoms with van der Waals surface area (Å²) >= 11 is -2.03. The van der Waals surface area contributed by atoms with Crippen LogP contribution in [0, 0.1) is 0 Å². The van der Waals surface area contributed by atoms with Crippen molar-refractivity contribution in [3.05, 3.63) is 0 Å². The second kappa shape index (κ2) is 9.10. The summed E-state index contributed by atoms with van der Waals surface area (Å²) in [5.74, 6) is 0. The van der Waals surface area contributed by atoms with Gasteiger partial charge in [-0.1, -0.05) is 0 Å². The van der Waals surface area contributed by atoms with Crippen LogP contribution in [0.2, 0.25) is 0 Å². The molecule has 0 aromatic heterocycles. The summed E-state index contributed by atoms with van der Waals surface area (Å²) in [5, 5.41) is 0. The topological polar surface area (TPSA) is 34.1 Å². The molecule has 0 aromatic carbocycles. The SMILES string of the molecule is [Li].[O]=[Mo]=[O]. The van der Waals surface area contributed by atoms with Crippen LogP contribution in [-0.4, -0.2) is 18.9 Å². The normalized spacial score (nSPS) is 3.00. The molecular weight excluding hydrogens is 135 g/mol. The van der Waals surface area contributed by atoms with Gasteiger partial charge in [0.05, 0.1) is 0 Å². The van der Waals surface area contributed by atoms with Gasteiger partial charge in [-0.25, -0.2) is 0 Å². The molecule has 0 rings (SSSR count). The predicted molar refractivity (Wildman–Crippen MR) is 7.13 cm³/mol. The van der Waals surface area contributed by atoms with Crippen molar-refractivity contribution in [1.82, 2.24) is 0 Å². The molecule has 4 heavy (non-hydrogen) atoms. The molecule has 2 nitrogen and oxygen atoms in total. The Hall–Kier alpha value is 0.886. The van der Waals surface area contributed by atoms with Crippen LogP contribution in [0.5, 0.6) is 0 Å². The molecule has 0 aliphatic heterocycles.